The molecular weight excluding hydrogens is 205 g/mol. The van der Waals surface area contributed by atoms with E-state index in [1.807, 2.05) is 0 Å². The van der Waals surface area contributed by atoms with Crippen LogP contribution in [-0.2, 0) is 5.21 Å². The van der Waals surface area contributed by atoms with Gasteiger partial charge in [0, 0.05) is 16.7 Å². The van der Waals surface area contributed by atoms with Gasteiger partial charge in [-0.1, -0.05) is 34.5 Å². The van der Waals surface area contributed by atoms with Gasteiger partial charge in [0.15, 0.2) is 0 Å². The number of aliphatic hydroxyl groups excluding tert-OH is 1. The minimum absolute atomic E-state index is 0.353. The number of hydrogen-bond acceptors (Lipinski definition) is 1. The molecule has 1 aromatic rings. The van der Waals surface area contributed by atoms with Crippen LogP contribution in [0.25, 0.3) is 0 Å². The summed E-state index contributed by atoms with van der Waals surface area (Å²) in [5, 5.41) is 8.24. The Morgan fingerprint density at radius 2 is 1.69 bits per heavy atom. The molecule has 0 spiro atoms. The smallest absolute Gasteiger partial charge is 0.0715 e. The van der Waals surface area contributed by atoms with Crippen molar-refractivity contribution in [1.82, 2.24) is 0 Å². The van der Waals surface area contributed by atoms with Crippen molar-refractivity contribution in [2.24, 2.45) is 0 Å². The summed E-state index contributed by atoms with van der Waals surface area (Å²) in [6, 6.07) is 4.92. The van der Waals surface area contributed by atoms with Crippen molar-refractivity contribution in [1.29, 1.82) is 0 Å². The second-order valence-electron chi connectivity index (χ2n) is 2.80. The van der Waals surface area contributed by atoms with Gasteiger partial charge in [-0.15, -0.1) is 0 Å². The molecule has 0 bridgehead atoms. The molecule has 0 aromatic heterocycles. The predicted molar refractivity (Wildman–Crippen MR) is 56.7 cm³/mol. The number of benzene rings is 1. The highest BCUT2D eigenvalue weighted by Gasteiger charge is 2.23. The van der Waals surface area contributed by atoms with E-state index in [4.69, 9.17) is 44.0 Å². The number of hydrogen-bond donors (Lipinski definition) is 1. The minimum Gasteiger partial charge on any atom is -0.397 e. The molecule has 1 nitrogen and oxygen atoms in total. The average molecular weight is 211 g/mol. The van der Waals surface area contributed by atoms with Gasteiger partial charge in [0.2, 0.25) is 0 Å². The SMILES string of the molecule is [B]C([B])(CO)c1c(Cl)cccc1Cl. The summed E-state index contributed by atoms with van der Waals surface area (Å²) in [5.74, 6) is 0. The lowest BCUT2D eigenvalue weighted by Gasteiger charge is -2.25. The first-order chi connectivity index (χ1) is 5.99. The van der Waals surface area contributed by atoms with E-state index < -0.39 is 11.8 Å². The van der Waals surface area contributed by atoms with Crippen molar-refractivity contribution < 1.29 is 5.11 Å². The van der Waals surface area contributed by atoms with Crippen LogP contribution >= 0.6 is 23.2 Å². The Morgan fingerprint density at radius 1 is 1.23 bits per heavy atom. The molecule has 0 aliphatic heterocycles. The molecule has 5 heteroatoms. The van der Waals surface area contributed by atoms with E-state index >= 15 is 0 Å². The number of halogens is 2. The molecule has 0 fully saturated rings. The first-order valence-corrected chi connectivity index (χ1v) is 4.38. The molecule has 1 aromatic carbocycles. The topological polar surface area (TPSA) is 20.2 Å². The van der Waals surface area contributed by atoms with Crippen molar-refractivity contribution in [3.05, 3.63) is 33.8 Å². The van der Waals surface area contributed by atoms with Gasteiger partial charge in [-0.05, 0) is 17.7 Å². The molecule has 0 amide bonds. The molecule has 0 aliphatic carbocycles. The molecule has 64 valence electrons. The summed E-state index contributed by atoms with van der Waals surface area (Å²) in [6.45, 7) is -0.420. The highest BCUT2D eigenvalue weighted by Crippen LogP contribution is 2.31. The molecular formula is C8H6B2Cl2O. The van der Waals surface area contributed by atoms with Gasteiger partial charge in [0.25, 0.3) is 0 Å². The van der Waals surface area contributed by atoms with Crippen LogP contribution in [0.3, 0.4) is 0 Å². The minimum atomic E-state index is -1.39. The molecule has 4 radical (unpaired) electrons. The van der Waals surface area contributed by atoms with E-state index in [2.05, 4.69) is 0 Å². The summed E-state index contributed by atoms with van der Waals surface area (Å²) in [5.41, 5.74) is 0.362. The second kappa shape index (κ2) is 3.95. The molecule has 1 rings (SSSR count). The molecule has 0 heterocycles. The van der Waals surface area contributed by atoms with E-state index in [1.165, 1.54) is 0 Å². The zero-order valence-electron chi connectivity index (χ0n) is 6.80. The van der Waals surface area contributed by atoms with Gasteiger partial charge < -0.3 is 5.11 Å². The molecule has 0 saturated carbocycles. The fourth-order valence-corrected chi connectivity index (χ4v) is 1.77. The molecule has 0 atom stereocenters. The van der Waals surface area contributed by atoms with Crippen LogP contribution in [-0.4, -0.2) is 27.4 Å². The van der Waals surface area contributed by atoms with E-state index in [1.54, 1.807) is 18.2 Å². The summed E-state index contributed by atoms with van der Waals surface area (Å²) < 4.78 is 0. The lowest BCUT2D eigenvalue weighted by Crippen LogP contribution is -2.32. The fraction of sp³-hybridized carbons (Fsp3) is 0.250. The first kappa shape index (κ1) is 11.0. The molecule has 0 aliphatic rings. The Balaban J connectivity index is 3.28. The van der Waals surface area contributed by atoms with E-state index in [9.17, 15) is 0 Å². The van der Waals surface area contributed by atoms with Gasteiger partial charge in [-0.3, -0.25) is 0 Å². The van der Waals surface area contributed by atoms with Crippen molar-refractivity contribution in [3.8, 4) is 0 Å². The van der Waals surface area contributed by atoms with E-state index in [0.29, 0.717) is 15.6 Å². The van der Waals surface area contributed by atoms with Crippen LogP contribution in [0.2, 0.25) is 10.0 Å². The second-order valence-corrected chi connectivity index (χ2v) is 3.61. The Morgan fingerprint density at radius 3 is 2.08 bits per heavy atom. The Hall–Kier alpha value is -0.110. The predicted octanol–water partition coefficient (Wildman–Crippen LogP) is 1.48. The van der Waals surface area contributed by atoms with Crippen molar-refractivity contribution in [2.45, 2.75) is 5.21 Å². The van der Waals surface area contributed by atoms with Gasteiger partial charge >= 0.3 is 0 Å². The largest absolute Gasteiger partial charge is 0.397 e. The number of aliphatic hydroxyl groups is 1. The zero-order valence-corrected chi connectivity index (χ0v) is 8.31. The first-order valence-electron chi connectivity index (χ1n) is 3.62. The third-order valence-corrected chi connectivity index (χ3v) is 2.32. The Labute approximate surface area is 89.9 Å². The van der Waals surface area contributed by atoms with Crippen molar-refractivity contribution in [3.63, 3.8) is 0 Å². The third-order valence-electron chi connectivity index (χ3n) is 1.69. The summed E-state index contributed by atoms with van der Waals surface area (Å²) in [6.07, 6.45) is 0. The van der Waals surface area contributed by atoms with Crippen LogP contribution in [0.1, 0.15) is 5.56 Å². The molecule has 13 heavy (non-hydrogen) atoms. The van der Waals surface area contributed by atoms with Crippen LogP contribution in [0.5, 0.6) is 0 Å². The highest BCUT2D eigenvalue weighted by molar-refractivity contribution is 6.45. The lowest BCUT2D eigenvalue weighted by atomic mass is 9.51. The lowest BCUT2D eigenvalue weighted by molar-refractivity contribution is 0.280. The maximum absolute atomic E-state index is 8.93. The normalized spacial score (nSPS) is 11.6. The van der Waals surface area contributed by atoms with Crippen molar-refractivity contribution in [2.75, 3.05) is 6.61 Å². The standard InChI is InChI=1S/C8H6B2Cl2O/c9-8(10,4-13)7-5(11)2-1-3-6(7)12/h1-3,13H,4H2. The van der Waals surface area contributed by atoms with Gasteiger partial charge in [0.1, 0.15) is 0 Å². The van der Waals surface area contributed by atoms with Crippen LogP contribution in [0.4, 0.5) is 0 Å². The summed E-state index contributed by atoms with van der Waals surface area (Å²) in [4.78, 5) is 0. The zero-order chi connectivity index (χ0) is 10.1. The Kier molecular flexibility index (Phi) is 3.33. The molecule has 0 saturated heterocycles. The van der Waals surface area contributed by atoms with Crippen LogP contribution < -0.4 is 0 Å². The third kappa shape index (κ3) is 2.22. The van der Waals surface area contributed by atoms with Crippen LogP contribution in [0.15, 0.2) is 18.2 Å². The monoisotopic (exact) mass is 210 g/mol. The van der Waals surface area contributed by atoms with Crippen molar-refractivity contribution >= 4 is 38.9 Å². The highest BCUT2D eigenvalue weighted by atomic mass is 35.5. The fourth-order valence-electron chi connectivity index (χ4n) is 1.02. The maximum Gasteiger partial charge on any atom is 0.0715 e. The summed E-state index contributed by atoms with van der Waals surface area (Å²) in [7, 11) is 11.2. The van der Waals surface area contributed by atoms with Crippen LogP contribution in [0, 0.1) is 0 Å². The quantitative estimate of drug-likeness (QED) is 0.734. The number of rotatable bonds is 2. The van der Waals surface area contributed by atoms with E-state index in [-0.39, 0.29) is 0 Å². The van der Waals surface area contributed by atoms with Gasteiger partial charge in [0.05, 0.1) is 15.7 Å². The molecule has 0 unspecified atom stereocenters. The van der Waals surface area contributed by atoms with E-state index in [0.717, 1.165) is 0 Å². The van der Waals surface area contributed by atoms with Gasteiger partial charge in [-0.2, -0.15) is 0 Å². The summed E-state index contributed by atoms with van der Waals surface area (Å²) >= 11 is 11.7. The maximum atomic E-state index is 8.93. The average Bonchev–Trinajstić information content (AvgIpc) is 2.03. The van der Waals surface area contributed by atoms with Gasteiger partial charge in [-0.25, -0.2) is 0 Å². The Bertz CT molecular complexity index is 295. The molecule has 1 N–H and O–H groups in total.